The first-order chi connectivity index (χ1) is 17.8. The minimum absolute atomic E-state index is 0.0575. The van der Waals surface area contributed by atoms with Crippen LogP contribution in [-0.4, -0.2) is 70.8 Å². The van der Waals surface area contributed by atoms with E-state index in [4.69, 9.17) is 4.74 Å². The molecule has 0 spiro atoms. The Bertz CT molecular complexity index is 1020. The second kappa shape index (κ2) is 12.5. The molecule has 3 atom stereocenters. The van der Waals surface area contributed by atoms with E-state index < -0.39 is 11.5 Å². The Morgan fingerprint density at radius 3 is 2.70 bits per heavy atom. The molecule has 200 valence electrons. The number of carbonyl (C=O) groups is 2. The number of likely N-dealkylation sites (tertiary alicyclic amines) is 1. The molecule has 2 saturated heterocycles. The van der Waals surface area contributed by atoms with Crippen LogP contribution < -0.4 is 5.32 Å². The van der Waals surface area contributed by atoms with Crippen LogP contribution >= 0.6 is 0 Å². The van der Waals surface area contributed by atoms with Crippen LogP contribution in [0.15, 0.2) is 54.9 Å². The van der Waals surface area contributed by atoms with E-state index in [9.17, 15) is 14.7 Å². The Morgan fingerprint density at radius 1 is 1.14 bits per heavy atom. The maximum Gasteiger partial charge on any atom is 0.321 e. The van der Waals surface area contributed by atoms with Crippen molar-refractivity contribution in [2.24, 2.45) is 17.3 Å². The lowest BCUT2D eigenvalue weighted by atomic mass is 9.80. The van der Waals surface area contributed by atoms with Gasteiger partial charge in [0.25, 0.3) is 0 Å². The number of urea groups is 1. The largest absolute Gasteiger partial charge is 0.391 e. The summed E-state index contributed by atoms with van der Waals surface area (Å²) in [6.45, 7) is 6.94. The summed E-state index contributed by atoms with van der Waals surface area (Å²) >= 11 is 0. The van der Waals surface area contributed by atoms with Gasteiger partial charge in [0.15, 0.2) is 0 Å². The maximum atomic E-state index is 13.7. The normalized spacial score (nSPS) is 25.3. The molecule has 2 fully saturated rings. The SMILES string of the molecule is CC1(C)COCCC[C@H]2CN(C(=O)Nc3cccnc3)CC[C@H]2CC(=O)N(Cc2ccccc2)C[C@@H]1O. The number of amides is 3. The number of pyridine rings is 1. The zero-order valence-electron chi connectivity index (χ0n) is 22.0. The van der Waals surface area contributed by atoms with Gasteiger partial charge in [-0.05, 0) is 48.8 Å². The minimum atomic E-state index is -0.699. The van der Waals surface area contributed by atoms with Gasteiger partial charge in [0.1, 0.15) is 0 Å². The van der Waals surface area contributed by atoms with E-state index in [0.717, 1.165) is 24.8 Å². The molecule has 3 heterocycles. The predicted octanol–water partition coefficient (Wildman–Crippen LogP) is 4.17. The summed E-state index contributed by atoms with van der Waals surface area (Å²) in [6, 6.07) is 13.4. The van der Waals surface area contributed by atoms with Gasteiger partial charge in [-0.1, -0.05) is 44.2 Å². The lowest BCUT2D eigenvalue weighted by molar-refractivity contribution is -0.137. The van der Waals surface area contributed by atoms with E-state index in [-0.39, 0.29) is 30.3 Å². The Labute approximate surface area is 220 Å². The number of rotatable bonds is 3. The summed E-state index contributed by atoms with van der Waals surface area (Å²) < 4.78 is 5.98. The van der Waals surface area contributed by atoms with Gasteiger partial charge in [0.2, 0.25) is 5.91 Å². The number of aliphatic hydroxyl groups is 1. The Hall–Kier alpha value is -2.97. The third-order valence-electron chi connectivity index (χ3n) is 7.73. The van der Waals surface area contributed by atoms with Crippen LogP contribution in [0.4, 0.5) is 10.5 Å². The number of nitrogens with one attached hydrogen (secondary N) is 1. The van der Waals surface area contributed by atoms with E-state index in [0.29, 0.717) is 45.0 Å². The Morgan fingerprint density at radius 2 is 1.95 bits per heavy atom. The molecule has 3 amide bonds. The molecule has 0 radical (unpaired) electrons. The fourth-order valence-corrected chi connectivity index (χ4v) is 5.25. The summed E-state index contributed by atoms with van der Waals surface area (Å²) in [4.78, 5) is 34.3. The van der Waals surface area contributed by atoms with Gasteiger partial charge in [0.05, 0.1) is 24.6 Å². The van der Waals surface area contributed by atoms with Crippen LogP contribution in [0.5, 0.6) is 0 Å². The second-order valence-corrected chi connectivity index (χ2v) is 11.1. The number of benzene rings is 1. The molecule has 0 saturated carbocycles. The van der Waals surface area contributed by atoms with Crippen molar-refractivity contribution in [2.45, 2.75) is 52.2 Å². The number of carbonyl (C=O) groups excluding carboxylic acids is 2. The summed E-state index contributed by atoms with van der Waals surface area (Å²) in [6.07, 6.45) is 5.54. The number of hydrogen-bond acceptors (Lipinski definition) is 5. The number of hydrogen-bond donors (Lipinski definition) is 2. The van der Waals surface area contributed by atoms with E-state index >= 15 is 0 Å². The molecular formula is C29H40N4O4. The van der Waals surface area contributed by atoms with Crippen LogP contribution in [0, 0.1) is 17.3 Å². The van der Waals surface area contributed by atoms with Crippen LogP contribution in [-0.2, 0) is 16.1 Å². The van der Waals surface area contributed by atoms with E-state index in [1.54, 1.807) is 23.4 Å². The van der Waals surface area contributed by atoms with Crippen LogP contribution in [0.25, 0.3) is 0 Å². The Balaban J connectivity index is 1.48. The first-order valence-electron chi connectivity index (χ1n) is 13.4. The number of anilines is 1. The maximum absolute atomic E-state index is 13.7. The van der Waals surface area contributed by atoms with Crippen molar-refractivity contribution < 1.29 is 19.4 Å². The highest BCUT2D eigenvalue weighted by Gasteiger charge is 2.36. The number of nitrogens with zero attached hydrogens (tertiary/aromatic N) is 3. The molecule has 2 aromatic rings. The highest BCUT2D eigenvalue weighted by molar-refractivity contribution is 5.89. The van der Waals surface area contributed by atoms with Gasteiger partial charge < -0.3 is 25.0 Å². The van der Waals surface area contributed by atoms with Crippen LogP contribution in [0.3, 0.4) is 0 Å². The molecule has 8 nitrogen and oxygen atoms in total. The van der Waals surface area contributed by atoms with E-state index in [1.165, 1.54) is 0 Å². The number of aromatic nitrogens is 1. The number of ether oxygens (including phenoxy) is 1. The lowest BCUT2D eigenvalue weighted by Crippen LogP contribution is -2.48. The average molecular weight is 509 g/mol. The van der Waals surface area contributed by atoms with Crippen molar-refractivity contribution in [3.63, 3.8) is 0 Å². The van der Waals surface area contributed by atoms with E-state index in [2.05, 4.69) is 10.3 Å². The monoisotopic (exact) mass is 508 g/mol. The summed E-state index contributed by atoms with van der Waals surface area (Å²) in [7, 11) is 0. The molecular weight excluding hydrogens is 468 g/mol. The molecule has 1 aromatic heterocycles. The second-order valence-electron chi connectivity index (χ2n) is 11.1. The van der Waals surface area contributed by atoms with Crippen molar-refractivity contribution in [1.82, 2.24) is 14.8 Å². The molecule has 4 rings (SSSR count). The smallest absolute Gasteiger partial charge is 0.321 e. The third kappa shape index (κ3) is 7.52. The molecule has 0 bridgehead atoms. The highest BCUT2D eigenvalue weighted by Crippen LogP contribution is 2.32. The van der Waals surface area contributed by atoms with Crippen LogP contribution in [0.1, 0.15) is 45.1 Å². The molecule has 0 aliphatic carbocycles. The van der Waals surface area contributed by atoms with Gasteiger partial charge in [0, 0.05) is 50.8 Å². The van der Waals surface area contributed by atoms with Crippen molar-refractivity contribution in [1.29, 1.82) is 0 Å². The van der Waals surface area contributed by atoms with E-state index in [1.807, 2.05) is 55.1 Å². The molecule has 2 aliphatic heterocycles. The number of fused-ring (bicyclic) bond motifs is 1. The molecule has 0 unspecified atom stereocenters. The fourth-order valence-electron chi connectivity index (χ4n) is 5.25. The fraction of sp³-hybridized carbons (Fsp3) is 0.552. The zero-order valence-corrected chi connectivity index (χ0v) is 22.0. The zero-order chi connectivity index (χ0) is 26.3. The number of β-amino-alcohol motifs (C(OH)–C–C–N with tert-alkyl or cyclic N) is 1. The topological polar surface area (TPSA) is 95.0 Å². The van der Waals surface area contributed by atoms with Gasteiger partial charge in [-0.15, -0.1) is 0 Å². The van der Waals surface area contributed by atoms with Crippen molar-refractivity contribution in [2.75, 3.05) is 38.2 Å². The molecule has 2 N–H and O–H groups in total. The average Bonchev–Trinajstić information content (AvgIpc) is 2.90. The quantitative estimate of drug-likeness (QED) is 0.649. The predicted molar refractivity (Wildman–Crippen MR) is 143 cm³/mol. The highest BCUT2D eigenvalue weighted by atomic mass is 16.5. The van der Waals surface area contributed by atoms with Crippen molar-refractivity contribution >= 4 is 17.6 Å². The van der Waals surface area contributed by atoms with Crippen molar-refractivity contribution in [3.8, 4) is 0 Å². The first kappa shape index (κ1) is 27.1. The van der Waals surface area contributed by atoms with Gasteiger partial charge in [-0.25, -0.2) is 4.79 Å². The number of aliphatic hydroxyl groups excluding tert-OH is 1. The van der Waals surface area contributed by atoms with Gasteiger partial charge in [-0.3, -0.25) is 9.78 Å². The Kier molecular flexibility index (Phi) is 9.16. The van der Waals surface area contributed by atoms with Gasteiger partial charge in [-0.2, -0.15) is 0 Å². The summed E-state index contributed by atoms with van der Waals surface area (Å²) in [5, 5.41) is 14.0. The standard InChI is InChI=1S/C29H40N4O4/c1-29(2)21-37-15-7-10-24-19-32(28(36)31-25-11-6-13-30-17-25)14-12-23(24)16-27(35)33(20-26(29)34)18-22-8-4-3-5-9-22/h3-6,8-9,11,13,17,23-24,26,34H,7,10,12,14-16,18-21H2,1-2H3,(H,31,36)/t23-,24-,26-/m0/s1. The van der Waals surface area contributed by atoms with Gasteiger partial charge >= 0.3 is 6.03 Å². The first-order valence-corrected chi connectivity index (χ1v) is 13.4. The third-order valence-corrected chi connectivity index (χ3v) is 7.73. The number of piperidine rings is 1. The molecule has 2 aliphatic rings. The molecule has 37 heavy (non-hydrogen) atoms. The molecule has 8 heteroatoms. The minimum Gasteiger partial charge on any atom is -0.391 e. The van der Waals surface area contributed by atoms with Crippen molar-refractivity contribution in [3.05, 3.63) is 60.4 Å². The van der Waals surface area contributed by atoms with Crippen LogP contribution in [0.2, 0.25) is 0 Å². The molecule has 1 aromatic carbocycles. The summed E-state index contributed by atoms with van der Waals surface area (Å²) in [5.41, 5.74) is 1.24. The lowest BCUT2D eigenvalue weighted by Gasteiger charge is -2.39. The summed E-state index contributed by atoms with van der Waals surface area (Å²) in [5.74, 6) is 0.444.